The van der Waals surface area contributed by atoms with Gasteiger partial charge in [0.2, 0.25) is 0 Å². The molecule has 0 unspecified atom stereocenters. The van der Waals surface area contributed by atoms with E-state index in [0.29, 0.717) is 15.8 Å². The molecule has 0 radical (unpaired) electrons. The van der Waals surface area contributed by atoms with Gasteiger partial charge in [0, 0.05) is 17.3 Å². The SMILES string of the molecule is O=C1N/C(=N\N=C\c2ccco2)S/C1=C\c1cn(-c2ccccc2)nc1-c1ccccc1. The fraction of sp³-hybridized carbons (Fsp3) is 0. The van der Waals surface area contributed by atoms with Crippen LogP contribution in [0.2, 0.25) is 0 Å². The number of benzene rings is 2. The predicted octanol–water partition coefficient (Wildman–Crippen LogP) is 4.73. The quantitative estimate of drug-likeness (QED) is 0.277. The van der Waals surface area contributed by atoms with Gasteiger partial charge in [-0.25, -0.2) is 4.68 Å². The number of hydrogen-bond acceptors (Lipinski definition) is 6. The summed E-state index contributed by atoms with van der Waals surface area (Å²) >= 11 is 1.23. The summed E-state index contributed by atoms with van der Waals surface area (Å²) in [4.78, 5) is 13.0. The van der Waals surface area contributed by atoms with Crippen molar-refractivity contribution in [3.63, 3.8) is 0 Å². The number of hydrogen-bond donors (Lipinski definition) is 1. The first-order chi connectivity index (χ1) is 15.8. The molecular formula is C24H17N5O2S. The van der Waals surface area contributed by atoms with E-state index in [0.717, 1.165) is 22.5 Å². The van der Waals surface area contributed by atoms with Gasteiger partial charge in [0.25, 0.3) is 5.91 Å². The molecule has 4 aromatic rings. The second-order valence-corrected chi connectivity index (χ2v) is 7.84. The van der Waals surface area contributed by atoms with Crippen LogP contribution in [-0.2, 0) is 4.79 Å². The van der Waals surface area contributed by atoms with Crippen LogP contribution in [0.4, 0.5) is 0 Å². The molecule has 2 aromatic carbocycles. The van der Waals surface area contributed by atoms with Gasteiger partial charge in [0.15, 0.2) is 5.17 Å². The van der Waals surface area contributed by atoms with Crippen molar-refractivity contribution in [2.75, 3.05) is 0 Å². The largest absolute Gasteiger partial charge is 0.463 e. The van der Waals surface area contributed by atoms with Crippen molar-refractivity contribution in [2.24, 2.45) is 10.2 Å². The maximum Gasteiger partial charge on any atom is 0.264 e. The first kappa shape index (κ1) is 19.8. The maximum atomic E-state index is 12.5. The summed E-state index contributed by atoms with van der Waals surface area (Å²) in [6, 6.07) is 23.3. The minimum absolute atomic E-state index is 0.228. The second-order valence-electron chi connectivity index (χ2n) is 6.81. The van der Waals surface area contributed by atoms with Gasteiger partial charge in [-0.2, -0.15) is 10.2 Å². The molecule has 156 valence electrons. The standard InChI is InChI=1S/C24H17N5O2S/c30-23-21(32-24(26-23)27-25-15-20-12-7-13-31-20)14-18-16-29(19-10-5-2-6-11-19)28-22(18)17-8-3-1-4-9-17/h1-16H,(H,26,27,30)/b21-14-,25-15+. The number of thioether (sulfide) groups is 1. The van der Waals surface area contributed by atoms with Crippen molar-refractivity contribution in [1.29, 1.82) is 0 Å². The summed E-state index contributed by atoms with van der Waals surface area (Å²) in [6.45, 7) is 0. The molecule has 1 aliphatic rings. The Kier molecular flexibility index (Phi) is 5.50. The van der Waals surface area contributed by atoms with E-state index in [-0.39, 0.29) is 5.91 Å². The van der Waals surface area contributed by atoms with Crippen molar-refractivity contribution in [3.05, 3.63) is 101 Å². The number of amidine groups is 1. The van der Waals surface area contributed by atoms with E-state index >= 15 is 0 Å². The van der Waals surface area contributed by atoms with E-state index in [1.54, 1.807) is 18.4 Å². The Bertz CT molecular complexity index is 1320. The smallest absolute Gasteiger partial charge is 0.264 e. The Balaban J connectivity index is 1.47. The van der Waals surface area contributed by atoms with Gasteiger partial charge in [0.05, 0.1) is 28.8 Å². The van der Waals surface area contributed by atoms with Gasteiger partial charge < -0.3 is 4.42 Å². The van der Waals surface area contributed by atoms with Crippen molar-refractivity contribution in [1.82, 2.24) is 15.1 Å². The minimum atomic E-state index is -0.228. The van der Waals surface area contributed by atoms with Crippen LogP contribution >= 0.6 is 11.8 Å². The van der Waals surface area contributed by atoms with Crippen molar-refractivity contribution < 1.29 is 9.21 Å². The van der Waals surface area contributed by atoms with Gasteiger partial charge in [-0.15, -0.1) is 5.10 Å². The molecular weight excluding hydrogens is 422 g/mol. The van der Waals surface area contributed by atoms with Gasteiger partial charge in [-0.1, -0.05) is 48.5 Å². The highest BCUT2D eigenvalue weighted by atomic mass is 32.2. The highest BCUT2D eigenvalue weighted by Gasteiger charge is 2.25. The highest BCUT2D eigenvalue weighted by molar-refractivity contribution is 8.18. The van der Waals surface area contributed by atoms with Crippen LogP contribution in [0.15, 0.2) is 105 Å². The molecule has 0 bridgehead atoms. The lowest BCUT2D eigenvalue weighted by Gasteiger charge is -2.00. The van der Waals surface area contributed by atoms with Crippen molar-refractivity contribution in [3.8, 4) is 16.9 Å². The molecule has 32 heavy (non-hydrogen) atoms. The van der Waals surface area contributed by atoms with Crippen LogP contribution in [0, 0.1) is 0 Å². The number of aromatic nitrogens is 2. The lowest BCUT2D eigenvalue weighted by atomic mass is 10.1. The summed E-state index contributed by atoms with van der Waals surface area (Å²) in [5, 5.41) is 16.0. The average molecular weight is 440 g/mol. The molecule has 3 heterocycles. The molecule has 8 heteroatoms. The zero-order valence-electron chi connectivity index (χ0n) is 16.8. The molecule has 7 nitrogen and oxygen atoms in total. The Hall–Kier alpha value is -4.17. The Morgan fingerprint density at radius 3 is 2.53 bits per heavy atom. The van der Waals surface area contributed by atoms with E-state index in [2.05, 4.69) is 15.5 Å². The number of carbonyl (C=O) groups is 1. The van der Waals surface area contributed by atoms with Crippen LogP contribution in [0.3, 0.4) is 0 Å². The molecule has 0 aliphatic carbocycles. The van der Waals surface area contributed by atoms with Gasteiger partial charge in [-0.05, 0) is 42.1 Å². The molecule has 1 amide bonds. The summed E-state index contributed by atoms with van der Waals surface area (Å²) in [5.41, 5.74) is 3.52. The zero-order valence-corrected chi connectivity index (χ0v) is 17.6. The molecule has 0 atom stereocenters. The number of carbonyl (C=O) groups excluding carboxylic acids is 1. The summed E-state index contributed by atoms with van der Waals surface area (Å²) < 4.78 is 6.99. The molecule has 0 saturated carbocycles. The van der Waals surface area contributed by atoms with Crippen molar-refractivity contribution >= 4 is 35.1 Å². The first-order valence-corrected chi connectivity index (χ1v) is 10.6. The average Bonchev–Trinajstić information content (AvgIpc) is 3.57. The van der Waals surface area contributed by atoms with Crippen molar-refractivity contribution in [2.45, 2.75) is 0 Å². The van der Waals surface area contributed by atoms with Crippen LogP contribution in [0.5, 0.6) is 0 Å². The van der Waals surface area contributed by atoms with Crippen LogP contribution < -0.4 is 5.32 Å². The molecule has 1 saturated heterocycles. The minimum Gasteiger partial charge on any atom is -0.463 e. The zero-order chi connectivity index (χ0) is 21.8. The van der Waals surface area contributed by atoms with E-state index < -0.39 is 0 Å². The van der Waals surface area contributed by atoms with Crippen LogP contribution in [0.25, 0.3) is 23.0 Å². The third kappa shape index (κ3) is 4.30. The normalized spacial score (nSPS) is 16.3. The van der Waals surface area contributed by atoms with Gasteiger partial charge in [-0.3, -0.25) is 10.1 Å². The summed E-state index contributed by atoms with van der Waals surface area (Å²) in [5.74, 6) is 0.355. The molecule has 0 spiro atoms. The Labute approximate surface area is 188 Å². The molecule has 1 aliphatic heterocycles. The first-order valence-electron chi connectivity index (χ1n) is 9.82. The Morgan fingerprint density at radius 2 is 1.78 bits per heavy atom. The molecule has 1 N–H and O–H groups in total. The third-order valence-electron chi connectivity index (χ3n) is 4.62. The molecule has 5 rings (SSSR count). The number of para-hydroxylation sites is 1. The van der Waals surface area contributed by atoms with E-state index in [1.807, 2.05) is 77.6 Å². The number of nitrogens with one attached hydrogen (secondary N) is 1. The monoisotopic (exact) mass is 439 g/mol. The topological polar surface area (TPSA) is 84.8 Å². The lowest BCUT2D eigenvalue weighted by Crippen LogP contribution is -2.19. The summed E-state index contributed by atoms with van der Waals surface area (Å²) in [7, 11) is 0. The van der Waals surface area contributed by atoms with Gasteiger partial charge in [0.1, 0.15) is 5.76 Å². The third-order valence-corrected chi connectivity index (χ3v) is 5.52. The molecule has 1 fully saturated rings. The Morgan fingerprint density at radius 1 is 1.00 bits per heavy atom. The van der Waals surface area contributed by atoms with Gasteiger partial charge >= 0.3 is 0 Å². The number of nitrogens with zero attached hydrogens (tertiary/aromatic N) is 4. The summed E-state index contributed by atoms with van der Waals surface area (Å²) in [6.07, 6.45) is 6.79. The van der Waals surface area contributed by atoms with E-state index in [4.69, 9.17) is 9.52 Å². The predicted molar refractivity (Wildman–Crippen MR) is 126 cm³/mol. The lowest BCUT2D eigenvalue weighted by molar-refractivity contribution is -0.115. The second kappa shape index (κ2) is 8.91. The molecule has 2 aromatic heterocycles. The maximum absolute atomic E-state index is 12.5. The number of amides is 1. The van der Waals surface area contributed by atoms with E-state index in [9.17, 15) is 4.79 Å². The number of rotatable bonds is 5. The fourth-order valence-electron chi connectivity index (χ4n) is 3.15. The number of furan rings is 1. The fourth-order valence-corrected chi connectivity index (χ4v) is 3.92. The van der Waals surface area contributed by atoms with Crippen LogP contribution in [0.1, 0.15) is 11.3 Å². The van der Waals surface area contributed by atoms with E-state index in [1.165, 1.54) is 18.0 Å². The van der Waals surface area contributed by atoms with Crippen LogP contribution in [-0.4, -0.2) is 27.1 Å². The highest BCUT2D eigenvalue weighted by Crippen LogP contribution is 2.30.